The first kappa shape index (κ1) is 19.1. The average molecular weight is 399 g/mol. The Kier molecular flexibility index (Phi) is 6.56. The second-order valence-electron chi connectivity index (χ2n) is 5.31. The Morgan fingerprint density at radius 3 is 2.59 bits per heavy atom. The molecule has 0 aliphatic rings. The molecule has 1 aromatic carbocycles. The van der Waals surface area contributed by atoms with Gasteiger partial charge in [0.05, 0.1) is 12.4 Å². The van der Waals surface area contributed by atoms with E-state index in [1.54, 1.807) is 25.4 Å². The molecule has 3 aromatic rings. The Balaban J connectivity index is 1.79. The van der Waals surface area contributed by atoms with Crippen molar-refractivity contribution in [1.82, 2.24) is 9.97 Å². The molecule has 1 amide bonds. The topological polar surface area (TPSA) is 81.2 Å². The van der Waals surface area contributed by atoms with Crippen molar-refractivity contribution in [2.24, 2.45) is 0 Å². The molecule has 8 heteroatoms. The van der Waals surface area contributed by atoms with Crippen molar-refractivity contribution >= 4 is 40.0 Å². The zero-order valence-corrected chi connectivity index (χ0v) is 16.2. The third-order valence-corrected chi connectivity index (χ3v) is 5.25. The van der Waals surface area contributed by atoms with E-state index in [-0.39, 0.29) is 18.3 Å². The van der Waals surface area contributed by atoms with Crippen molar-refractivity contribution in [2.75, 3.05) is 17.7 Å². The van der Waals surface area contributed by atoms with Gasteiger partial charge >= 0.3 is 5.97 Å². The van der Waals surface area contributed by atoms with Gasteiger partial charge in [0.15, 0.2) is 5.16 Å². The van der Waals surface area contributed by atoms with E-state index >= 15 is 0 Å². The number of carbonyl (C=O) groups excluding carboxylic acids is 2. The fourth-order valence-corrected chi connectivity index (χ4v) is 3.92. The smallest absolute Gasteiger partial charge is 0.341 e. The van der Waals surface area contributed by atoms with Crippen molar-refractivity contribution in [3.63, 3.8) is 0 Å². The highest BCUT2D eigenvalue weighted by molar-refractivity contribution is 7.99. The van der Waals surface area contributed by atoms with Gasteiger partial charge in [0.25, 0.3) is 0 Å². The molecule has 2 heterocycles. The van der Waals surface area contributed by atoms with Crippen molar-refractivity contribution in [3.8, 4) is 11.1 Å². The Bertz CT molecular complexity index is 914. The van der Waals surface area contributed by atoms with Gasteiger partial charge in [-0.15, -0.1) is 11.3 Å². The second kappa shape index (κ2) is 9.29. The minimum atomic E-state index is -0.452. The van der Waals surface area contributed by atoms with E-state index in [1.807, 2.05) is 35.7 Å². The molecule has 2 aromatic heterocycles. The zero-order valence-electron chi connectivity index (χ0n) is 14.5. The van der Waals surface area contributed by atoms with Gasteiger partial charge < -0.3 is 10.1 Å². The number of carbonyl (C=O) groups is 2. The number of rotatable bonds is 7. The van der Waals surface area contributed by atoms with Crippen LogP contribution >= 0.6 is 23.1 Å². The molecule has 0 radical (unpaired) electrons. The number of anilines is 1. The van der Waals surface area contributed by atoms with Crippen molar-refractivity contribution in [2.45, 2.75) is 12.1 Å². The number of esters is 1. The number of hydrogen-bond acceptors (Lipinski definition) is 7. The van der Waals surface area contributed by atoms with Gasteiger partial charge in [0.1, 0.15) is 10.6 Å². The van der Waals surface area contributed by atoms with Crippen LogP contribution < -0.4 is 5.32 Å². The highest BCUT2D eigenvalue weighted by atomic mass is 32.2. The van der Waals surface area contributed by atoms with Gasteiger partial charge in [0, 0.05) is 23.3 Å². The molecule has 1 N–H and O–H groups in total. The summed E-state index contributed by atoms with van der Waals surface area (Å²) in [6.45, 7) is 2.01. The monoisotopic (exact) mass is 399 g/mol. The Morgan fingerprint density at radius 1 is 1.15 bits per heavy atom. The molecular formula is C19H17N3O3S2. The molecule has 0 unspecified atom stereocenters. The molecule has 27 heavy (non-hydrogen) atoms. The Morgan fingerprint density at radius 2 is 1.89 bits per heavy atom. The number of benzene rings is 1. The fraction of sp³-hybridized carbons (Fsp3) is 0.158. The first-order valence-electron chi connectivity index (χ1n) is 8.22. The summed E-state index contributed by atoms with van der Waals surface area (Å²) in [4.78, 5) is 33.0. The van der Waals surface area contributed by atoms with Crippen LogP contribution in [0.15, 0.2) is 59.3 Å². The lowest BCUT2D eigenvalue weighted by Crippen LogP contribution is -2.16. The van der Waals surface area contributed by atoms with Crippen LogP contribution in [0.1, 0.15) is 17.3 Å². The highest BCUT2D eigenvalue weighted by Crippen LogP contribution is 2.36. The summed E-state index contributed by atoms with van der Waals surface area (Å²) < 4.78 is 5.19. The summed E-state index contributed by atoms with van der Waals surface area (Å²) in [6.07, 6.45) is 3.25. The molecule has 3 rings (SSSR count). The molecule has 0 aliphatic heterocycles. The third kappa shape index (κ3) is 4.93. The lowest BCUT2D eigenvalue weighted by Gasteiger charge is -2.08. The molecule has 138 valence electrons. The van der Waals surface area contributed by atoms with Crippen LogP contribution in [0.2, 0.25) is 0 Å². The second-order valence-corrected chi connectivity index (χ2v) is 7.13. The zero-order chi connectivity index (χ0) is 19.1. The van der Waals surface area contributed by atoms with Crippen molar-refractivity contribution in [1.29, 1.82) is 0 Å². The maximum atomic E-state index is 12.5. The number of amides is 1. The number of aromatic nitrogens is 2. The maximum absolute atomic E-state index is 12.5. The maximum Gasteiger partial charge on any atom is 0.341 e. The van der Waals surface area contributed by atoms with Crippen LogP contribution in [0.4, 0.5) is 5.00 Å². The van der Waals surface area contributed by atoms with E-state index in [4.69, 9.17) is 4.74 Å². The summed E-state index contributed by atoms with van der Waals surface area (Å²) >= 11 is 2.53. The van der Waals surface area contributed by atoms with Crippen LogP contribution in [-0.4, -0.2) is 34.2 Å². The van der Waals surface area contributed by atoms with Crippen LogP contribution in [-0.2, 0) is 9.53 Å². The summed E-state index contributed by atoms with van der Waals surface area (Å²) in [5, 5.41) is 5.67. The van der Waals surface area contributed by atoms with Gasteiger partial charge in [-0.2, -0.15) is 0 Å². The number of thioether (sulfide) groups is 1. The van der Waals surface area contributed by atoms with E-state index in [9.17, 15) is 9.59 Å². The molecule has 0 saturated carbocycles. The first-order chi connectivity index (χ1) is 13.2. The van der Waals surface area contributed by atoms with Crippen LogP contribution in [0.3, 0.4) is 0 Å². The number of hydrogen-bond donors (Lipinski definition) is 1. The molecule has 0 saturated heterocycles. The Labute approximate surface area is 165 Å². The largest absolute Gasteiger partial charge is 0.462 e. The average Bonchev–Trinajstić information content (AvgIpc) is 3.11. The molecule has 0 aliphatic carbocycles. The van der Waals surface area contributed by atoms with E-state index in [0.717, 1.165) is 11.1 Å². The van der Waals surface area contributed by atoms with Crippen molar-refractivity contribution in [3.05, 3.63) is 59.7 Å². The van der Waals surface area contributed by atoms with Gasteiger partial charge in [-0.05, 0) is 18.6 Å². The highest BCUT2D eigenvalue weighted by Gasteiger charge is 2.22. The fourth-order valence-electron chi connectivity index (χ4n) is 2.34. The molecule has 0 bridgehead atoms. The van der Waals surface area contributed by atoms with Gasteiger partial charge in [-0.3, -0.25) is 4.79 Å². The minimum absolute atomic E-state index is 0.144. The minimum Gasteiger partial charge on any atom is -0.462 e. The molecule has 0 spiro atoms. The molecule has 6 nitrogen and oxygen atoms in total. The normalized spacial score (nSPS) is 10.4. The van der Waals surface area contributed by atoms with Gasteiger partial charge in [0.2, 0.25) is 5.91 Å². The number of nitrogens with one attached hydrogen (secondary N) is 1. The summed E-state index contributed by atoms with van der Waals surface area (Å²) in [6, 6.07) is 11.3. The Hall–Kier alpha value is -2.71. The summed E-state index contributed by atoms with van der Waals surface area (Å²) in [7, 11) is 0. The standard InChI is InChI=1S/C19H17N3O3S2/c1-2-25-18(24)16-14(13-7-4-3-5-8-13)11-26-17(16)22-15(23)12-27-19-20-9-6-10-21-19/h3-11H,2,12H2,1H3,(H,22,23). The summed E-state index contributed by atoms with van der Waals surface area (Å²) in [5.41, 5.74) is 2.01. The van der Waals surface area contributed by atoms with Crippen LogP contribution in [0.25, 0.3) is 11.1 Å². The third-order valence-electron chi connectivity index (χ3n) is 3.48. The van der Waals surface area contributed by atoms with Gasteiger partial charge in [-0.1, -0.05) is 42.1 Å². The van der Waals surface area contributed by atoms with E-state index in [1.165, 1.54) is 23.1 Å². The number of nitrogens with zero attached hydrogens (tertiary/aromatic N) is 2. The van der Waals surface area contributed by atoms with Crippen molar-refractivity contribution < 1.29 is 14.3 Å². The molecule has 0 fully saturated rings. The first-order valence-corrected chi connectivity index (χ1v) is 10.1. The van der Waals surface area contributed by atoms with E-state index in [0.29, 0.717) is 15.7 Å². The van der Waals surface area contributed by atoms with Crippen LogP contribution in [0, 0.1) is 0 Å². The van der Waals surface area contributed by atoms with Gasteiger partial charge in [-0.25, -0.2) is 14.8 Å². The number of ether oxygens (including phenoxy) is 1. The van der Waals surface area contributed by atoms with Crippen LogP contribution in [0.5, 0.6) is 0 Å². The quantitative estimate of drug-likeness (QED) is 0.366. The van der Waals surface area contributed by atoms with E-state index in [2.05, 4.69) is 15.3 Å². The summed E-state index contributed by atoms with van der Waals surface area (Å²) in [5.74, 6) is -0.545. The van der Waals surface area contributed by atoms with E-state index < -0.39 is 5.97 Å². The SMILES string of the molecule is CCOC(=O)c1c(-c2ccccc2)csc1NC(=O)CSc1ncccn1. The lowest BCUT2D eigenvalue weighted by atomic mass is 10.0. The lowest BCUT2D eigenvalue weighted by molar-refractivity contribution is -0.113. The number of thiophene rings is 1. The molecular weight excluding hydrogens is 382 g/mol. The predicted octanol–water partition coefficient (Wildman–Crippen LogP) is 4.11. The predicted molar refractivity (Wildman–Crippen MR) is 107 cm³/mol. The molecule has 0 atom stereocenters.